The predicted octanol–water partition coefficient (Wildman–Crippen LogP) is 3.44. The molecule has 0 radical (unpaired) electrons. The van der Waals surface area contributed by atoms with Crippen molar-refractivity contribution >= 4 is 5.91 Å². The quantitative estimate of drug-likeness (QED) is 0.743. The summed E-state index contributed by atoms with van der Waals surface area (Å²) in [7, 11) is 0. The van der Waals surface area contributed by atoms with Gasteiger partial charge in [0.25, 0.3) is 5.91 Å². The number of nitrogens with one attached hydrogen (secondary N) is 1. The van der Waals surface area contributed by atoms with Gasteiger partial charge >= 0.3 is 0 Å². The van der Waals surface area contributed by atoms with E-state index in [0.29, 0.717) is 18.8 Å². The van der Waals surface area contributed by atoms with Gasteiger partial charge < -0.3 is 14.6 Å². The molecule has 0 bridgehead atoms. The highest BCUT2D eigenvalue weighted by Crippen LogP contribution is 2.25. The van der Waals surface area contributed by atoms with Gasteiger partial charge in [0.05, 0.1) is 6.61 Å². The van der Waals surface area contributed by atoms with Crippen LogP contribution in [0.5, 0.6) is 5.75 Å². The molecule has 0 fully saturated rings. The number of carbonyl (C=O) groups excluding carboxylic acids is 1. The number of carbonyl (C=O) groups is 1. The third kappa shape index (κ3) is 3.64. The van der Waals surface area contributed by atoms with Crippen LogP contribution in [0.25, 0.3) is 0 Å². The largest absolute Gasteiger partial charge is 0.493 e. The summed E-state index contributed by atoms with van der Waals surface area (Å²) in [5.41, 5.74) is 4.37. The second-order valence-electron chi connectivity index (χ2n) is 6.55. The fourth-order valence-corrected chi connectivity index (χ4v) is 3.34. The van der Waals surface area contributed by atoms with E-state index in [1.807, 2.05) is 47.2 Å². The molecule has 0 atom stereocenters. The van der Waals surface area contributed by atoms with E-state index in [0.717, 1.165) is 25.2 Å². The first-order chi connectivity index (χ1) is 12.8. The second-order valence-corrected chi connectivity index (χ2v) is 6.55. The minimum atomic E-state index is -0.0320. The molecule has 0 saturated carbocycles. The summed E-state index contributed by atoms with van der Waals surface area (Å²) < 4.78 is 7.52. The molecule has 1 N–H and O–H groups in total. The highest BCUT2D eigenvalue weighted by atomic mass is 16.5. The van der Waals surface area contributed by atoms with Gasteiger partial charge in [-0.15, -0.1) is 0 Å². The van der Waals surface area contributed by atoms with E-state index in [4.69, 9.17) is 4.74 Å². The SMILES string of the molecule is O=C(NCCc1ccc2c(c1)CCO2)c1cccn1Cc1ccccc1. The summed E-state index contributed by atoms with van der Waals surface area (Å²) in [5, 5.41) is 3.04. The Bertz CT molecular complexity index is 900. The van der Waals surface area contributed by atoms with Crippen molar-refractivity contribution in [1.82, 2.24) is 9.88 Å². The molecule has 1 aliphatic rings. The average Bonchev–Trinajstić information content (AvgIpc) is 3.31. The summed E-state index contributed by atoms with van der Waals surface area (Å²) in [5.74, 6) is 0.965. The zero-order valence-corrected chi connectivity index (χ0v) is 14.7. The van der Waals surface area contributed by atoms with Crippen LogP contribution < -0.4 is 10.1 Å². The van der Waals surface area contributed by atoms with Gasteiger partial charge in [-0.25, -0.2) is 0 Å². The van der Waals surface area contributed by atoms with Crippen molar-refractivity contribution in [3.05, 3.63) is 89.2 Å². The van der Waals surface area contributed by atoms with Crippen LogP contribution in [-0.2, 0) is 19.4 Å². The Morgan fingerprint density at radius 2 is 1.92 bits per heavy atom. The highest BCUT2D eigenvalue weighted by Gasteiger charge is 2.13. The van der Waals surface area contributed by atoms with Crippen molar-refractivity contribution in [3.8, 4) is 5.75 Å². The van der Waals surface area contributed by atoms with Crippen LogP contribution in [0, 0.1) is 0 Å². The number of aromatic nitrogens is 1. The molecule has 2 heterocycles. The van der Waals surface area contributed by atoms with Crippen molar-refractivity contribution in [2.75, 3.05) is 13.2 Å². The molecule has 2 aromatic carbocycles. The highest BCUT2D eigenvalue weighted by molar-refractivity contribution is 5.92. The Morgan fingerprint density at radius 3 is 2.81 bits per heavy atom. The van der Waals surface area contributed by atoms with Gasteiger partial charge in [-0.1, -0.05) is 42.5 Å². The van der Waals surface area contributed by atoms with Gasteiger partial charge in [0, 0.05) is 25.7 Å². The lowest BCUT2D eigenvalue weighted by Crippen LogP contribution is -2.28. The maximum absolute atomic E-state index is 12.5. The van der Waals surface area contributed by atoms with Crippen LogP contribution in [-0.4, -0.2) is 23.6 Å². The van der Waals surface area contributed by atoms with Crippen molar-refractivity contribution in [2.24, 2.45) is 0 Å². The molecule has 1 aliphatic heterocycles. The first kappa shape index (κ1) is 16.5. The van der Waals surface area contributed by atoms with Crippen LogP contribution in [0.15, 0.2) is 66.9 Å². The van der Waals surface area contributed by atoms with E-state index in [9.17, 15) is 4.79 Å². The maximum Gasteiger partial charge on any atom is 0.267 e. The second kappa shape index (κ2) is 7.48. The predicted molar refractivity (Wildman–Crippen MR) is 102 cm³/mol. The average molecular weight is 346 g/mol. The van der Waals surface area contributed by atoms with Crippen molar-refractivity contribution in [3.63, 3.8) is 0 Å². The normalized spacial score (nSPS) is 12.5. The molecule has 4 rings (SSSR count). The van der Waals surface area contributed by atoms with Crippen LogP contribution in [0.3, 0.4) is 0 Å². The Kier molecular flexibility index (Phi) is 4.73. The molecule has 0 unspecified atom stereocenters. The molecule has 3 aromatic rings. The summed E-state index contributed by atoms with van der Waals surface area (Å²) in [6, 6.07) is 20.2. The Hall–Kier alpha value is -3.01. The summed E-state index contributed by atoms with van der Waals surface area (Å²) in [6.45, 7) is 2.09. The van der Waals surface area contributed by atoms with Gasteiger partial charge in [0.15, 0.2) is 0 Å². The van der Waals surface area contributed by atoms with E-state index in [1.54, 1.807) is 0 Å². The monoisotopic (exact) mass is 346 g/mol. The first-order valence-electron chi connectivity index (χ1n) is 9.01. The first-order valence-corrected chi connectivity index (χ1v) is 9.01. The third-order valence-electron chi connectivity index (χ3n) is 4.71. The molecule has 4 heteroatoms. The van der Waals surface area contributed by atoms with E-state index < -0.39 is 0 Å². The van der Waals surface area contributed by atoms with Crippen LogP contribution in [0.2, 0.25) is 0 Å². The van der Waals surface area contributed by atoms with Crippen molar-refractivity contribution < 1.29 is 9.53 Å². The number of ether oxygens (including phenoxy) is 1. The fourth-order valence-electron chi connectivity index (χ4n) is 3.34. The van der Waals surface area contributed by atoms with Crippen molar-refractivity contribution in [1.29, 1.82) is 0 Å². The zero-order chi connectivity index (χ0) is 17.8. The van der Waals surface area contributed by atoms with Crippen molar-refractivity contribution in [2.45, 2.75) is 19.4 Å². The minimum absolute atomic E-state index is 0.0320. The molecule has 0 saturated heterocycles. The van der Waals surface area contributed by atoms with Gasteiger partial charge in [-0.05, 0) is 41.3 Å². The Labute approximate surface area is 153 Å². The number of amides is 1. The van der Waals surface area contributed by atoms with Crippen LogP contribution in [0.4, 0.5) is 0 Å². The lowest BCUT2D eigenvalue weighted by molar-refractivity contribution is 0.0945. The number of rotatable bonds is 6. The lowest BCUT2D eigenvalue weighted by Gasteiger charge is -2.10. The Morgan fingerprint density at radius 1 is 1.04 bits per heavy atom. The van der Waals surface area contributed by atoms with E-state index in [1.165, 1.54) is 16.7 Å². The Balaban J connectivity index is 1.35. The lowest BCUT2D eigenvalue weighted by atomic mass is 10.1. The number of hydrogen-bond donors (Lipinski definition) is 1. The molecule has 1 amide bonds. The number of hydrogen-bond acceptors (Lipinski definition) is 2. The number of benzene rings is 2. The molecule has 4 nitrogen and oxygen atoms in total. The summed E-state index contributed by atoms with van der Waals surface area (Å²) >= 11 is 0. The molecular formula is C22H22N2O2. The van der Waals surface area contributed by atoms with Gasteiger partial charge in [0.1, 0.15) is 11.4 Å². The van der Waals surface area contributed by atoms with E-state index in [2.05, 4.69) is 29.6 Å². The molecule has 132 valence electrons. The molecular weight excluding hydrogens is 324 g/mol. The molecule has 26 heavy (non-hydrogen) atoms. The summed E-state index contributed by atoms with van der Waals surface area (Å²) in [6.07, 6.45) is 3.74. The molecule has 0 spiro atoms. The van der Waals surface area contributed by atoms with Gasteiger partial charge in [-0.2, -0.15) is 0 Å². The van der Waals surface area contributed by atoms with Crippen LogP contribution >= 0.6 is 0 Å². The molecule has 1 aromatic heterocycles. The fraction of sp³-hybridized carbons (Fsp3) is 0.227. The number of nitrogens with zero attached hydrogens (tertiary/aromatic N) is 1. The number of fused-ring (bicyclic) bond motifs is 1. The summed E-state index contributed by atoms with van der Waals surface area (Å²) in [4.78, 5) is 12.5. The zero-order valence-electron chi connectivity index (χ0n) is 14.7. The van der Waals surface area contributed by atoms with E-state index >= 15 is 0 Å². The topological polar surface area (TPSA) is 43.3 Å². The van der Waals surface area contributed by atoms with Gasteiger partial charge in [0.2, 0.25) is 0 Å². The van der Waals surface area contributed by atoms with Gasteiger partial charge in [-0.3, -0.25) is 4.79 Å². The van der Waals surface area contributed by atoms with Crippen LogP contribution in [0.1, 0.15) is 27.2 Å². The smallest absolute Gasteiger partial charge is 0.267 e. The third-order valence-corrected chi connectivity index (χ3v) is 4.71. The minimum Gasteiger partial charge on any atom is -0.493 e. The van der Waals surface area contributed by atoms with E-state index in [-0.39, 0.29) is 5.91 Å². The molecule has 0 aliphatic carbocycles. The standard InChI is InChI=1S/C22H22N2O2/c25-22(20-7-4-13-24(20)16-18-5-2-1-3-6-18)23-12-10-17-8-9-21-19(15-17)11-14-26-21/h1-9,13,15H,10-12,14,16H2,(H,23,25). The maximum atomic E-state index is 12.5.